The average Bonchev–Trinajstić information content (AvgIpc) is 3.21. The van der Waals surface area contributed by atoms with E-state index >= 15 is 0 Å². The van der Waals surface area contributed by atoms with Crippen LogP contribution in [-0.4, -0.2) is 39.9 Å². The number of nitrogens with zero attached hydrogens (tertiary/aromatic N) is 3. The SMILES string of the molecule is CCOc1ccc(-c2nnc(SCC(=O)N3CCc4ccccc4C3)o2)cc1. The van der Waals surface area contributed by atoms with Crippen LogP contribution in [0.1, 0.15) is 18.1 Å². The summed E-state index contributed by atoms with van der Waals surface area (Å²) in [5.74, 6) is 1.60. The Morgan fingerprint density at radius 3 is 2.71 bits per heavy atom. The molecule has 0 radical (unpaired) electrons. The van der Waals surface area contributed by atoms with Crippen molar-refractivity contribution in [2.75, 3.05) is 18.9 Å². The predicted molar refractivity (Wildman–Crippen MR) is 107 cm³/mol. The van der Waals surface area contributed by atoms with Gasteiger partial charge < -0.3 is 14.1 Å². The summed E-state index contributed by atoms with van der Waals surface area (Å²) in [6, 6.07) is 15.8. The Kier molecular flexibility index (Phi) is 5.62. The smallest absolute Gasteiger partial charge is 0.277 e. The van der Waals surface area contributed by atoms with Gasteiger partial charge in [0.15, 0.2) is 0 Å². The molecule has 1 aliphatic rings. The van der Waals surface area contributed by atoms with E-state index in [1.165, 1.54) is 22.9 Å². The molecule has 0 bridgehead atoms. The van der Waals surface area contributed by atoms with E-state index in [4.69, 9.17) is 9.15 Å². The number of carbonyl (C=O) groups is 1. The summed E-state index contributed by atoms with van der Waals surface area (Å²) in [6.45, 7) is 3.98. The normalized spacial score (nSPS) is 13.2. The summed E-state index contributed by atoms with van der Waals surface area (Å²) in [5.41, 5.74) is 3.38. The molecule has 0 saturated heterocycles. The van der Waals surface area contributed by atoms with Gasteiger partial charge in [0.1, 0.15) is 5.75 Å². The third kappa shape index (κ3) is 4.20. The molecule has 4 rings (SSSR count). The van der Waals surface area contributed by atoms with Crippen LogP contribution in [0.5, 0.6) is 5.75 Å². The van der Waals surface area contributed by atoms with Crippen molar-refractivity contribution >= 4 is 17.7 Å². The number of rotatable bonds is 6. The van der Waals surface area contributed by atoms with E-state index in [1.807, 2.05) is 48.2 Å². The minimum atomic E-state index is 0.0836. The molecule has 28 heavy (non-hydrogen) atoms. The van der Waals surface area contributed by atoms with Crippen LogP contribution in [0.3, 0.4) is 0 Å². The third-order valence-corrected chi connectivity index (χ3v) is 5.42. The fourth-order valence-electron chi connectivity index (χ4n) is 3.17. The van der Waals surface area contributed by atoms with E-state index in [9.17, 15) is 4.79 Å². The van der Waals surface area contributed by atoms with Crippen LogP contribution in [0.4, 0.5) is 0 Å². The van der Waals surface area contributed by atoms with Crippen LogP contribution in [0.15, 0.2) is 58.2 Å². The fraction of sp³-hybridized carbons (Fsp3) is 0.286. The molecular formula is C21H21N3O3S. The Bertz CT molecular complexity index is 956. The van der Waals surface area contributed by atoms with Gasteiger partial charge in [-0.15, -0.1) is 10.2 Å². The van der Waals surface area contributed by atoms with Gasteiger partial charge in [-0.1, -0.05) is 36.0 Å². The molecular weight excluding hydrogens is 374 g/mol. The van der Waals surface area contributed by atoms with Crippen LogP contribution in [0.25, 0.3) is 11.5 Å². The number of aromatic nitrogens is 2. The second kappa shape index (κ2) is 8.48. The lowest BCUT2D eigenvalue weighted by Crippen LogP contribution is -2.37. The van der Waals surface area contributed by atoms with E-state index in [2.05, 4.69) is 22.3 Å². The molecule has 2 heterocycles. The topological polar surface area (TPSA) is 68.5 Å². The van der Waals surface area contributed by atoms with E-state index < -0.39 is 0 Å². The quantitative estimate of drug-likeness (QED) is 0.591. The number of fused-ring (bicyclic) bond motifs is 1. The van der Waals surface area contributed by atoms with Crippen LogP contribution < -0.4 is 4.74 Å². The van der Waals surface area contributed by atoms with Crippen molar-refractivity contribution in [3.8, 4) is 17.2 Å². The summed E-state index contributed by atoms with van der Waals surface area (Å²) < 4.78 is 11.1. The number of hydrogen-bond acceptors (Lipinski definition) is 6. The average molecular weight is 395 g/mol. The van der Waals surface area contributed by atoms with Gasteiger partial charge in [-0.3, -0.25) is 4.79 Å². The van der Waals surface area contributed by atoms with Crippen molar-refractivity contribution in [1.29, 1.82) is 0 Å². The summed E-state index contributed by atoms with van der Waals surface area (Å²) in [5, 5.41) is 8.53. The van der Waals surface area contributed by atoms with E-state index in [0.29, 0.717) is 24.3 Å². The Hall–Kier alpha value is -2.80. The maximum absolute atomic E-state index is 12.6. The molecule has 0 fully saturated rings. The molecule has 1 amide bonds. The van der Waals surface area contributed by atoms with E-state index in [0.717, 1.165) is 24.3 Å². The minimum Gasteiger partial charge on any atom is -0.494 e. The largest absolute Gasteiger partial charge is 0.494 e. The number of amides is 1. The summed E-state index contributed by atoms with van der Waals surface area (Å²) in [6.07, 6.45) is 0.898. The van der Waals surface area contributed by atoms with E-state index in [1.54, 1.807) is 0 Å². The minimum absolute atomic E-state index is 0.0836. The van der Waals surface area contributed by atoms with Crippen LogP contribution >= 0.6 is 11.8 Å². The number of ether oxygens (including phenoxy) is 1. The Morgan fingerprint density at radius 1 is 1.14 bits per heavy atom. The van der Waals surface area contributed by atoms with Crippen molar-refractivity contribution < 1.29 is 13.9 Å². The summed E-state index contributed by atoms with van der Waals surface area (Å²) in [4.78, 5) is 14.4. The highest BCUT2D eigenvalue weighted by Gasteiger charge is 2.21. The lowest BCUT2D eigenvalue weighted by molar-refractivity contribution is -0.129. The molecule has 0 unspecified atom stereocenters. The van der Waals surface area contributed by atoms with Gasteiger partial charge >= 0.3 is 0 Å². The van der Waals surface area contributed by atoms with Gasteiger partial charge in [-0.05, 0) is 48.7 Å². The van der Waals surface area contributed by atoms with Crippen molar-refractivity contribution in [3.05, 3.63) is 59.7 Å². The zero-order chi connectivity index (χ0) is 19.3. The molecule has 144 valence electrons. The van der Waals surface area contributed by atoms with Gasteiger partial charge in [0, 0.05) is 18.7 Å². The second-order valence-electron chi connectivity index (χ2n) is 6.45. The molecule has 6 nitrogen and oxygen atoms in total. The first kappa shape index (κ1) is 18.6. The summed E-state index contributed by atoms with van der Waals surface area (Å²) in [7, 11) is 0. The standard InChI is InChI=1S/C21H21N3O3S/c1-2-26-18-9-7-16(8-10-18)20-22-23-21(27-20)28-14-19(25)24-12-11-15-5-3-4-6-17(15)13-24/h3-10H,2,11-14H2,1H3. The molecule has 0 N–H and O–H groups in total. The predicted octanol–water partition coefficient (Wildman–Crippen LogP) is 3.81. The Morgan fingerprint density at radius 2 is 1.93 bits per heavy atom. The molecule has 7 heteroatoms. The number of thioether (sulfide) groups is 1. The molecule has 2 aromatic carbocycles. The highest BCUT2D eigenvalue weighted by molar-refractivity contribution is 7.99. The van der Waals surface area contributed by atoms with Crippen LogP contribution in [-0.2, 0) is 17.8 Å². The molecule has 0 aliphatic carbocycles. The maximum atomic E-state index is 12.6. The van der Waals surface area contributed by atoms with Crippen molar-refractivity contribution in [2.24, 2.45) is 0 Å². The van der Waals surface area contributed by atoms with Crippen molar-refractivity contribution in [3.63, 3.8) is 0 Å². The Balaban J connectivity index is 1.34. The second-order valence-corrected chi connectivity index (χ2v) is 7.38. The maximum Gasteiger partial charge on any atom is 0.277 e. The van der Waals surface area contributed by atoms with Gasteiger partial charge in [0.05, 0.1) is 12.4 Å². The first-order valence-electron chi connectivity index (χ1n) is 9.27. The summed E-state index contributed by atoms with van der Waals surface area (Å²) >= 11 is 1.27. The van der Waals surface area contributed by atoms with Crippen LogP contribution in [0.2, 0.25) is 0 Å². The van der Waals surface area contributed by atoms with Gasteiger partial charge in [0.25, 0.3) is 5.22 Å². The molecule has 0 saturated carbocycles. The zero-order valence-corrected chi connectivity index (χ0v) is 16.4. The first-order valence-corrected chi connectivity index (χ1v) is 10.3. The third-order valence-electron chi connectivity index (χ3n) is 4.62. The van der Waals surface area contributed by atoms with Crippen LogP contribution in [0, 0.1) is 0 Å². The molecule has 0 spiro atoms. The monoisotopic (exact) mass is 395 g/mol. The number of benzene rings is 2. The highest BCUT2D eigenvalue weighted by Crippen LogP contribution is 2.26. The zero-order valence-electron chi connectivity index (χ0n) is 15.6. The fourth-order valence-corrected chi connectivity index (χ4v) is 3.83. The van der Waals surface area contributed by atoms with Crippen molar-refractivity contribution in [1.82, 2.24) is 15.1 Å². The molecule has 1 aromatic heterocycles. The lowest BCUT2D eigenvalue weighted by atomic mass is 10.00. The first-order chi connectivity index (χ1) is 13.7. The molecule has 0 atom stereocenters. The molecule has 1 aliphatic heterocycles. The number of carbonyl (C=O) groups excluding carboxylic acids is 1. The highest BCUT2D eigenvalue weighted by atomic mass is 32.2. The Labute approximate surface area is 167 Å². The number of hydrogen-bond donors (Lipinski definition) is 0. The molecule has 3 aromatic rings. The van der Waals surface area contributed by atoms with Crippen molar-refractivity contribution in [2.45, 2.75) is 25.1 Å². The van der Waals surface area contributed by atoms with Gasteiger partial charge in [-0.25, -0.2) is 0 Å². The van der Waals surface area contributed by atoms with Gasteiger partial charge in [-0.2, -0.15) is 0 Å². The van der Waals surface area contributed by atoms with Gasteiger partial charge in [0.2, 0.25) is 11.8 Å². The lowest BCUT2D eigenvalue weighted by Gasteiger charge is -2.28. The van der Waals surface area contributed by atoms with E-state index in [-0.39, 0.29) is 11.7 Å².